The number of nitrogens with one attached hydrogen (secondary N) is 1. The van der Waals surface area contributed by atoms with Gasteiger partial charge in [-0.05, 0) is 37.5 Å². The second kappa shape index (κ2) is 10.0. The van der Waals surface area contributed by atoms with E-state index in [9.17, 15) is 9.59 Å². The summed E-state index contributed by atoms with van der Waals surface area (Å²) in [4.78, 5) is 27.4. The molecule has 1 aliphatic heterocycles. The fourth-order valence-electron chi connectivity index (χ4n) is 2.73. The Morgan fingerprint density at radius 1 is 1.35 bits per heavy atom. The van der Waals surface area contributed by atoms with Crippen LogP contribution in [0.2, 0.25) is 5.02 Å². The number of hydrogen-bond acceptors (Lipinski definition) is 3. The van der Waals surface area contributed by atoms with Crippen LogP contribution in [-0.2, 0) is 4.79 Å². The van der Waals surface area contributed by atoms with E-state index in [2.05, 4.69) is 21.2 Å². The number of halogens is 2. The molecule has 1 N–H and O–H groups in total. The van der Waals surface area contributed by atoms with Crippen molar-refractivity contribution in [3.05, 3.63) is 27.7 Å². The summed E-state index contributed by atoms with van der Waals surface area (Å²) in [5.74, 6) is 0.757. The normalized spacial score (nSPS) is 14.8. The zero-order valence-corrected chi connectivity index (χ0v) is 17.5. The molecule has 1 aromatic carbocycles. The summed E-state index contributed by atoms with van der Waals surface area (Å²) in [6, 6.07) is 5.50. The van der Waals surface area contributed by atoms with Gasteiger partial charge in [-0.15, -0.1) is 0 Å². The van der Waals surface area contributed by atoms with Gasteiger partial charge in [-0.25, -0.2) is 4.79 Å². The minimum Gasteiger partial charge on any atom is -0.492 e. The second-order valence-corrected chi connectivity index (χ2v) is 7.85. The van der Waals surface area contributed by atoms with Gasteiger partial charge in [-0.3, -0.25) is 4.79 Å². The summed E-state index contributed by atoms with van der Waals surface area (Å²) >= 11 is 9.45. The predicted octanol–water partition coefficient (Wildman–Crippen LogP) is 3.52. The maximum atomic E-state index is 12.3. The van der Waals surface area contributed by atoms with Crippen molar-refractivity contribution in [1.29, 1.82) is 0 Å². The molecule has 0 unspecified atom stereocenters. The van der Waals surface area contributed by atoms with E-state index in [0.717, 1.165) is 17.3 Å². The Bertz CT molecular complexity index is 634. The number of benzene rings is 1. The zero-order valence-electron chi connectivity index (χ0n) is 15.1. The number of rotatable bonds is 6. The summed E-state index contributed by atoms with van der Waals surface area (Å²) in [6.07, 6.45) is 2.66. The number of piperidine rings is 1. The van der Waals surface area contributed by atoms with E-state index >= 15 is 0 Å². The molecule has 26 heavy (non-hydrogen) atoms. The Labute approximate surface area is 167 Å². The Hall–Kier alpha value is -1.47. The molecule has 0 radical (unpaired) electrons. The molecule has 8 heteroatoms. The van der Waals surface area contributed by atoms with E-state index in [1.807, 2.05) is 11.0 Å². The van der Waals surface area contributed by atoms with Crippen LogP contribution >= 0.6 is 27.5 Å². The first-order valence-corrected chi connectivity index (χ1v) is 9.87. The molecule has 0 bridgehead atoms. The average molecular weight is 447 g/mol. The standard InChI is InChI=1S/C18H25BrClN3O3/c1-22(2)18(25)21-14-7-9-23(10-8-14)17(24)4-3-11-26-16-6-5-13(19)12-15(16)20/h5-6,12,14H,3-4,7-11H2,1-2H3,(H,21,25). The summed E-state index contributed by atoms with van der Waals surface area (Å²) < 4.78 is 6.54. The predicted molar refractivity (Wildman–Crippen MR) is 106 cm³/mol. The van der Waals surface area contributed by atoms with Crippen LogP contribution in [0.3, 0.4) is 0 Å². The quantitative estimate of drug-likeness (QED) is 0.680. The molecule has 0 atom stereocenters. The molecule has 3 amide bonds. The van der Waals surface area contributed by atoms with Gasteiger partial charge in [0.2, 0.25) is 5.91 Å². The summed E-state index contributed by atoms with van der Waals surface area (Å²) in [5, 5.41) is 3.52. The van der Waals surface area contributed by atoms with E-state index < -0.39 is 0 Å². The first kappa shape index (κ1) is 20.8. The van der Waals surface area contributed by atoms with Gasteiger partial charge in [-0.1, -0.05) is 27.5 Å². The second-order valence-electron chi connectivity index (χ2n) is 6.53. The van der Waals surface area contributed by atoms with E-state index in [0.29, 0.717) is 43.3 Å². The van der Waals surface area contributed by atoms with Crippen molar-refractivity contribution >= 4 is 39.5 Å². The van der Waals surface area contributed by atoms with Gasteiger partial charge in [0, 0.05) is 44.1 Å². The van der Waals surface area contributed by atoms with Crippen molar-refractivity contribution in [3.8, 4) is 5.75 Å². The van der Waals surface area contributed by atoms with Crippen molar-refractivity contribution in [1.82, 2.24) is 15.1 Å². The van der Waals surface area contributed by atoms with Crippen LogP contribution in [0.5, 0.6) is 5.75 Å². The average Bonchev–Trinajstić information content (AvgIpc) is 2.60. The maximum Gasteiger partial charge on any atom is 0.317 e. The third kappa shape index (κ3) is 6.36. The fraction of sp³-hybridized carbons (Fsp3) is 0.556. The molecule has 0 saturated carbocycles. The number of nitrogens with zero attached hydrogens (tertiary/aromatic N) is 2. The van der Waals surface area contributed by atoms with Gasteiger partial charge in [0.05, 0.1) is 11.6 Å². The highest BCUT2D eigenvalue weighted by Crippen LogP contribution is 2.27. The van der Waals surface area contributed by atoms with Crippen LogP contribution in [0, 0.1) is 0 Å². The van der Waals surface area contributed by atoms with Gasteiger partial charge in [0.1, 0.15) is 5.75 Å². The van der Waals surface area contributed by atoms with Gasteiger partial charge >= 0.3 is 6.03 Å². The Kier molecular flexibility index (Phi) is 8.03. The lowest BCUT2D eigenvalue weighted by molar-refractivity contribution is -0.132. The molecule has 144 valence electrons. The highest BCUT2D eigenvalue weighted by atomic mass is 79.9. The SMILES string of the molecule is CN(C)C(=O)NC1CCN(C(=O)CCCOc2ccc(Br)cc2Cl)CC1. The smallest absolute Gasteiger partial charge is 0.317 e. The highest BCUT2D eigenvalue weighted by molar-refractivity contribution is 9.10. The third-order valence-electron chi connectivity index (χ3n) is 4.27. The van der Waals surface area contributed by atoms with Crippen LogP contribution in [0.1, 0.15) is 25.7 Å². The molecule has 6 nitrogen and oxygen atoms in total. The van der Waals surface area contributed by atoms with E-state index in [-0.39, 0.29) is 18.0 Å². The lowest BCUT2D eigenvalue weighted by Gasteiger charge is -2.33. The van der Waals surface area contributed by atoms with Gasteiger partial charge < -0.3 is 19.9 Å². The zero-order chi connectivity index (χ0) is 19.1. The summed E-state index contributed by atoms with van der Waals surface area (Å²) in [5.41, 5.74) is 0. The minimum atomic E-state index is -0.0847. The third-order valence-corrected chi connectivity index (χ3v) is 5.06. The van der Waals surface area contributed by atoms with Gasteiger partial charge in [-0.2, -0.15) is 0 Å². The molecule has 1 heterocycles. The van der Waals surface area contributed by atoms with Crippen LogP contribution in [0.4, 0.5) is 4.79 Å². The molecular formula is C18H25BrClN3O3. The van der Waals surface area contributed by atoms with Crippen molar-refractivity contribution in [2.75, 3.05) is 33.8 Å². The Balaban J connectivity index is 1.65. The number of carbonyl (C=O) groups is 2. The van der Waals surface area contributed by atoms with Gasteiger partial charge in [0.25, 0.3) is 0 Å². The number of ether oxygens (including phenoxy) is 1. The first-order valence-electron chi connectivity index (χ1n) is 8.70. The van der Waals surface area contributed by atoms with E-state index in [1.54, 1.807) is 26.2 Å². The van der Waals surface area contributed by atoms with Crippen LogP contribution in [0.15, 0.2) is 22.7 Å². The van der Waals surface area contributed by atoms with Crippen LogP contribution in [0.25, 0.3) is 0 Å². The van der Waals surface area contributed by atoms with Gasteiger partial charge in [0.15, 0.2) is 0 Å². The number of carbonyl (C=O) groups excluding carboxylic acids is 2. The number of amides is 3. The monoisotopic (exact) mass is 445 g/mol. The molecule has 1 aliphatic rings. The number of hydrogen-bond donors (Lipinski definition) is 1. The molecule has 0 aliphatic carbocycles. The number of urea groups is 1. The van der Waals surface area contributed by atoms with E-state index in [1.165, 1.54) is 4.90 Å². The van der Waals surface area contributed by atoms with Crippen molar-refractivity contribution in [2.45, 2.75) is 31.7 Å². The minimum absolute atomic E-state index is 0.0847. The summed E-state index contributed by atoms with van der Waals surface area (Å²) in [6.45, 7) is 1.80. The van der Waals surface area contributed by atoms with Crippen LogP contribution < -0.4 is 10.1 Å². The van der Waals surface area contributed by atoms with Crippen molar-refractivity contribution < 1.29 is 14.3 Å². The Morgan fingerprint density at radius 2 is 2.04 bits per heavy atom. The van der Waals surface area contributed by atoms with Crippen LogP contribution in [-0.4, -0.2) is 61.6 Å². The molecular weight excluding hydrogens is 422 g/mol. The number of likely N-dealkylation sites (tertiary alicyclic amines) is 1. The largest absolute Gasteiger partial charge is 0.492 e. The lowest BCUT2D eigenvalue weighted by Crippen LogP contribution is -2.48. The summed E-state index contributed by atoms with van der Waals surface area (Å²) in [7, 11) is 3.44. The maximum absolute atomic E-state index is 12.3. The van der Waals surface area contributed by atoms with Crippen molar-refractivity contribution in [2.24, 2.45) is 0 Å². The topological polar surface area (TPSA) is 61.9 Å². The lowest BCUT2D eigenvalue weighted by atomic mass is 10.0. The molecule has 1 saturated heterocycles. The molecule has 0 aromatic heterocycles. The highest BCUT2D eigenvalue weighted by Gasteiger charge is 2.23. The fourth-order valence-corrected chi connectivity index (χ4v) is 3.46. The first-order chi connectivity index (χ1) is 12.4. The molecule has 1 fully saturated rings. The Morgan fingerprint density at radius 3 is 2.65 bits per heavy atom. The molecule has 2 rings (SSSR count). The molecule has 0 spiro atoms. The molecule has 1 aromatic rings. The van der Waals surface area contributed by atoms with E-state index in [4.69, 9.17) is 16.3 Å². The van der Waals surface area contributed by atoms with Crippen molar-refractivity contribution in [3.63, 3.8) is 0 Å².